The fourth-order valence-electron chi connectivity index (χ4n) is 1.58. The summed E-state index contributed by atoms with van der Waals surface area (Å²) in [5.74, 6) is 1.47. The van der Waals surface area contributed by atoms with Crippen LogP contribution in [0.5, 0.6) is 0 Å². The number of halogens is 1. The number of hydrogen-bond acceptors (Lipinski definition) is 3. The maximum Gasteiger partial charge on any atom is 0.163 e. The number of anilines is 1. The van der Waals surface area contributed by atoms with Crippen molar-refractivity contribution in [2.24, 2.45) is 0 Å². The molecule has 2 rings (SSSR count). The van der Waals surface area contributed by atoms with E-state index in [1.165, 1.54) is 0 Å². The summed E-state index contributed by atoms with van der Waals surface area (Å²) in [5, 5.41) is 3.83. The fourth-order valence-corrected chi connectivity index (χ4v) is 1.78. The number of hydrogen-bond donors (Lipinski definition) is 1. The van der Waals surface area contributed by atoms with E-state index >= 15 is 0 Å². The molecule has 0 radical (unpaired) electrons. The van der Waals surface area contributed by atoms with Gasteiger partial charge in [-0.3, -0.25) is 0 Å². The molecule has 0 saturated heterocycles. The van der Waals surface area contributed by atoms with Crippen LogP contribution in [0, 0.1) is 6.92 Å². The fraction of sp³-hybridized carbons (Fsp3) is 0.231. The number of nitrogens with one attached hydrogen (secondary N) is 1. The lowest BCUT2D eigenvalue weighted by Crippen LogP contribution is -2.01. The van der Waals surface area contributed by atoms with E-state index in [0.717, 1.165) is 23.5 Å². The molecule has 1 heterocycles. The molecule has 0 spiro atoms. The van der Waals surface area contributed by atoms with Crippen molar-refractivity contribution in [1.29, 1.82) is 0 Å². The molecule has 88 valence electrons. The molecule has 0 bridgehead atoms. The first-order chi connectivity index (χ1) is 8.20. The Hall–Kier alpha value is -1.61. The van der Waals surface area contributed by atoms with Crippen LogP contribution in [0.15, 0.2) is 30.5 Å². The molecule has 0 aliphatic carbocycles. The van der Waals surface area contributed by atoms with E-state index in [1.807, 2.05) is 38.1 Å². The molecular weight excluding hydrogens is 234 g/mol. The summed E-state index contributed by atoms with van der Waals surface area (Å²) in [4.78, 5) is 8.69. The van der Waals surface area contributed by atoms with Gasteiger partial charge in [0.25, 0.3) is 0 Å². The van der Waals surface area contributed by atoms with Gasteiger partial charge in [0.2, 0.25) is 0 Å². The van der Waals surface area contributed by atoms with Crippen molar-refractivity contribution >= 4 is 17.4 Å². The van der Waals surface area contributed by atoms with E-state index in [2.05, 4.69) is 15.3 Å². The van der Waals surface area contributed by atoms with E-state index in [4.69, 9.17) is 11.6 Å². The molecule has 0 saturated carbocycles. The van der Waals surface area contributed by atoms with Crippen LogP contribution in [0.2, 0.25) is 5.02 Å². The molecule has 1 aromatic heterocycles. The van der Waals surface area contributed by atoms with E-state index < -0.39 is 0 Å². The Labute approximate surface area is 106 Å². The Morgan fingerprint density at radius 2 is 2.12 bits per heavy atom. The second-order valence-corrected chi connectivity index (χ2v) is 4.19. The SMILES string of the molecule is CCNc1ccnc(-c2cc(C)ccc2Cl)n1. The second-order valence-electron chi connectivity index (χ2n) is 3.78. The van der Waals surface area contributed by atoms with Crippen LogP contribution in [0.25, 0.3) is 11.4 Å². The van der Waals surface area contributed by atoms with Crippen LogP contribution in [0.1, 0.15) is 12.5 Å². The molecule has 0 amide bonds. The third-order valence-corrected chi connectivity index (χ3v) is 2.71. The molecule has 4 heteroatoms. The van der Waals surface area contributed by atoms with Gasteiger partial charge in [-0.2, -0.15) is 0 Å². The number of benzene rings is 1. The van der Waals surface area contributed by atoms with Gasteiger partial charge in [-0.25, -0.2) is 9.97 Å². The highest BCUT2D eigenvalue weighted by atomic mass is 35.5. The van der Waals surface area contributed by atoms with Crippen molar-refractivity contribution in [3.05, 3.63) is 41.0 Å². The van der Waals surface area contributed by atoms with Gasteiger partial charge in [0.15, 0.2) is 5.82 Å². The topological polar surface area (TPSA) is 37.8 Å². The van der Waals surface area contributed by atoms with Crippen molar-refractivity contribution in [1.82, 2.24) is 9.97 Å². The van der Waals surface area contributed by atoms with Gasteiger partial charge >= 0.3 is 0 Å². The maximum absolute atomic E-state index is 6.16. The third-order valence-electron chi connectivity index (χ3n) is 2.38. The third kappa shape index (κ3) is 2.74. The summed E-state index contributed by atoms with van der Waals surface area (Å²) >= 11 is 6.16. The molecule has 0 fully saturated rings. The minimum Gasteiger partial charge on any atom is -0.370 e. The minimum atomic E-state index is 0.650. The first-order valence-corrected chi connectivity index (χ1v) is 5.92. The van der Waals surface area contributed by atoms with Crippen LogP contribution in [0.4, 0.5) is 5.82 Å². The number of aromatic nitrogens is 2. The Kier molecular flexibility index (Phi) is 3.59. The predicted octanol–water partition coefficient (Wildman–Crippen LogP) is 3.54. The second kappa shape index (κ2) is 5.15. The van der Waals surface area contributed by atoms with Crippen LogP contribution in [-0.2, 0) is 0 Å². The van der Waals surface area contributed by atoms with Crippen LogP contribution in [0.3, 0.4) is 0 Å². The number of rotatable bonds is 3. The molecule has 0 atom stereocenters. The quantitative estimate of drug-likeness (QED) is 0.902. The first-order valence-electron chi connectivity index (χ1n) is 5.54. The van der Waals surface area contributed by atoms with Crippen molar-refractivity contribution in [2.45, 2.75) is 13.8 Å². The van der Waals surface area contributed by atoms with Crippen LogP contribution < -0.4 is 5.32 Å². The van der Waals surface area contributed by atoms with Gasteiger partial charge in [0.1, 0.15) is 5.82 Å². The molecular formula is C13H14ClN3. The minimum absolute atomic E-state index is 0.650. The van der Waals surface area contributed by atoms with Crippen molar-refractivity contribution in [3.8, 4) is 11.4 Å². The monoisotopic (exact) mass is 247 g/mol. The molecule has 2 aromatic rings. The Morgan fingerprint density at radius 1 is 1.29 bits per heavy atom. The van der Waals surface area contributed by atoms with E-state index in [0.29, 0.717) is 10.8 Å². The summed E-state index contributed by atoms with van der Waals surface area (Å²) in [6.45, 7) is 4.88. The molecule has 0 aliphatic rings. The lowest BCUT2D eigenvalue weighted by atomic mass is 10.1. The number of nitrogens with zero attached hydrogens (tertiary/aromatic N) is 2. The normalized spacial score (nSPS) is 10.3. The Bertz CT molecular complexity index is 526. The van der Waals surface area contributed by atoms with Gasteiger partial charge < -0.3 is 5.32 Å². The summed E-state index contributed by atoms with van der Waals surface area (Å²) < 4.78 is 0. The summed E-state index contributed by atoms with van der Waals surface area (Å²) in [5.41, 5.74) is 2.01. The lowest BCUT2D eigenvalue weighted by molar-refractivity contribution is 1.12. The van der Waals surface area contributed by atoms with Crippen LogP contribution >= 0.6 is 11.6 Å². The first kappa shape index (κ1) is 11.9. The highest BCUT2D eigenvalue weighted by molar-refractivity contribution is 6.33. The van der Waals surface area contributed by atoms with Gasteiger partial charge in [-0.15, -0.1) is 0 Å². The molecule has 17 heavy (non-hydrogen) atoms. The zero-order valence-electron chi connectivity index (χ0n) is 9.87. The largest absolute Gasteiger partial charge is 0.370 e. The maximum atomic E-state index is 6.16. The smallest absolute Gasteiger partial charge is 0.163 e. The van der Waals surface area contributed by atoms with Crippen molar-refractivity contribution < 1.29 is 0 Å². The van der Waals surface area contributed by atoms with Gasteiger partial charge in [-0.1, -0.05) is 23.2 Å². The molecule has 0 unspecified atom stereocenters. The standard InChI is InChI=1S/C13H14ClN3/c1-3-15-12-6-7-16-13(17-12)10-8-9(2)4-5-11(10)14/h4-8H,3H2,1-2H3,(H,15,16,17). The van der Waals surface area contributed by atoms with Crippen molar-refractivity contribution in [3.63, 3.8) is 0 Å². The van der Waals surface area contributed by atoms with Crippen LogP contribution in [-0.4, -0.2) is 16.5 Å². The highest BCUT2D eigenvalue weighted by Crippen LogP contribution is 2.26. The Balaban J connectivity index is 2.45. The summed E-state index contributed by atoms with van der Waals surface area (Å²) in [6.07, 6.45) is 1.74. The van der Waals surface area contributed by atoms with Gasteiger partial charge in [-0.05, 0) is 32.0 Å². The summed E-state index contributed by atoms with van der Waals surface area (Å²) in [6, 6.07) is 7.68. The average molecular weight is 248 g/mol. The van der Waals surface area contributed by atoms with E-state index in [9.17, 15) is 0 Å². The zero-order valence-corrected chi connectivity index (χ0v) is 10.6. The zero-order chi connectivity index (χ0) is 12.3. The Morgan fingerprint density at radius 3 is 2.88 bits per heavy atom. The molecule has 3 nitrogen and oxygen atoms in total. The van der Waals surface area contributed by atoms with Crippen molar-refractivity contribution in [2.75, 3.05) is 11.9 Å². The van der Waals surface area contributed by atoms with Gasteiger partial charge in [0, 0.05) is 18.3 Å². The van der Waals surface area contributed by atoms with Gasteiger partial charge in [0.05, 0.1) is 5.02 Å². The average Bonchev–Trinajstić information content (AvgIpc) is 2.33. The van der Waals surface area contributed by atoms with E-state index in [1.54, 1.807) is 6.20 Å². The number of aryl methyl sites for hydroxylation is 1. The van der Waals surface area contributed by atoms with E-state index in [-0.39, 0.29) is 0 Å². The molecule has 1 N–H and O–H groups in total. The molecule has 0 aliphatic heterocycles. The highest BCUT2D eigenvalue weighted by Gasteiger charge is 2.07. The summed E-state index contributed by atoms with van der Waals surface area (Å²) in [7, 11) is 0. The molecule has 1 aromatic carbocycles. The predicted molar refractivity (Wildman–Crippen MR) is 71.4 cm³/mol. The lowest BCUT2D eigenvalue weighted by Gasteiger charge is -2.06.